The molecule has 1 saturated carbocycles. The van der Waals surface area contributed by atoms with E-state index in [1.54, 1.807) is 0 Å². The van der Waals surface area contributed by atoms with Crippen molar-refractivity contribution in [1.29, 1.82) is 0 Å². The highest BCUT2D eigenvalue weighted by Crippen LogP contribution is 2.44. The number of nitrogens with one attached hydrogen (secondary N) is 1. The van der Waals surface area contributed by atoms with Gasteiger partial charge >= 0.3 is 12.1 Å². The molecule has 4 rings (SSSR count). The number of nitrogens with zero attached hydrogens (tertiary/aromatic N) is 1. The number of aliphatic carboxylic acids is 1. The Bertz CT molecular complexity index is 987. The molecule has 7 heteroatoms. The van der Waals surface area contributed by atoms with Crippen molar-refractivity contribution in [3.63, 3.8) is 0 Å². The van der Waals surface area contributed by atoms with E-state index in [-0.39, 0.29) is 24.3 Å². The van der Waals surface area contributed by atoms with E-state index in [0.29, 0.717) is 25.8 Å². The zero-order chi connectivity index (χ0) is 23.4. The zero-order valence-corrected chi connectivity index (χ0v) is 18.8. The van der Waals surface area contributed by atoms with Crippen LogP contribution >= 0.6 is 0 Å². The predicted octanol–water partition coefficient (Wildman–Crippen LogP) is 4.02. The van der Waals surface area contributed by atoms with Gasteiger partial charge in [-0.3, -0.25) is 9.69 Å². The lowest BCUT2D eigenvalue weighted by Crippen LogP contribution is -2.43. The molecule has 0 bridgehead atoms. The molecule has 0 radical (unpaired) electrons. The molecule has 2 aromatic rings. The SMILES string of the molecule is CN(C(=O)OCC1c2ccccc2-c2ccccc21)C(CCCCNC(=O)C1CC1)C(=O)O. The van der Waals surface area contributed by atoms with Crippen LogP contribution in [0, 0.1) is 5.92 Å². The fourth-order valence-corrected chi connectivity index (χ4v) is 4.47. The number of carbonyl (C=O) groups excluding carboxylic acids is 2. The third kappa shape index (κ3) is 5.18. The second-order valence-corrected chi connectivity index (χ2v) is 8.83. The third-order valence-electron chi connectivity index (χ3n) is 6.53. The van der Waals surface area contributed by atoms with Crippen molar-refractivity contribution in [2.24, 2.45) is 5.92 Å². The molecule has 0 heterocycles. The Morgan fingerprint density at radius 1 is 1.03 bits per heavy atom. The van der Waals surface area contributed by atoms with Crippen LogP contribution < -0.4 is 5.32 Å². The molecule has 1 fully saturated rings. The van der Waals surface area contributed by atoms with Crippen LogP contribution in [-0.2, 0) is 14.3 Å². The Labute approximate surface area is 193 Å². The zero-order valence-electron chi connectivity index (χ0n) is 18.8. The third-order valence-corrected chi connectivity index (χ3v) is 6.53. The van der Waals surface area contributed by atoms with Crippen LogP contribution in [0.1, 0.15) is 49.1 Å². The van der Waals surface area contributed by atoms with Gasteiger partial charge in [-0.1, -0.05) is 48.5 Å². The fraction of sp³-hybridized carbons (Fsp3) is 0.423. The molecule has 2 aromatic carbocycles. The standard InChI is InChI=1S/C26H30N2O5/c1-28(23(25(30)31)12-6-7-15-27-24(29)17-13-14-17)26(32)33-16-22-20-10-4-2-8-18(20)19-9-3-5-11-21(19)22/h2-5,8-11,17,22-23H,6-7,12-16H2,1H3,(H,27,29)(H,30,31). The van der Waals surface area contributed by atoms with Crippen molar-refractivity contribution in [2.75, 3.05) is 20.2 Å². The lowest BCUT2D eigenvalue weighted by atomic mass is 9.98. The lowest BCUT2D eigenvalue weighted by molar-refractivity contribution is -0.142. The molecule has 0 aliphatic heterocycles. The molecule has 2 amide bonds. The van der Waals surface area contributed by atoms with Crippen molar-refractivity contribution < 1.29 is 24.2 Å². The molecular weight excluding hydrogens is 420 g/mol. The van der Waals surface area contributed by atoms with Crippen LogP contribution in [0.2, 0.25) is 0 Å². The summed E-state index contributed by atoms with van der Waals surface area (Å²) in [6.07, 6.45) is 2.82. The van der Waals surface area contributed by atoms with Gasteiger partial charge in [0.2, 0.25) is 5.91 Å². The summed E-state index contributed by atoms with van der Waals surface area (Å²) in [6, 6.07) is 15.2. The Morgan fingerprint density at radius 3 is 2.21 bits per heavy atom. The summed E-state index contributed by atoms with van der Waals surface area (Å²) in [5.74, 6) is -0.891. The van der Waals surface area contributed by atoms with E-state index in [0.717, 1.165) is 40.0 Å². The maximum Gasteiger partial charge on any atom is 0.410 e. The van der Waals surface area contributed by atoms with Crippen LogP contribution in [0.15, 0.2) is 48.5 Å². The van der Waals surface area contributed by atoms with E-state index in [1.807, 2.05) is 36.4 Å². The van der Waals surface area contributed by atoms with Gasteiger partial charge in [-0.15, -0.1) is 0 Å². The fourth-order valence-electron chi connectivity index (χ4n) is 4.47. The van der Waals surface area contributed by atoms with Crippen LogP contribution in [0.3, 0.4) is 0 Å². The molecule has 2 N–H and O–H groups in total. The maximum absolute atomic E-state index is 12.7. The first-order valence-corrected chi connectivity index (χ1v) is 11.6. The van der Waals surface area contributed by atoms with Crippen LogP contribution in [0.25, 0.3) is 11.1 Å². The molecular formula is C26H30N2O5. The smallest absolute Gasteiger partial charge is 0.410 e. The van der Waals surface area contributed by atoms with Gasteiger partial charge in [-0.05, 0) is 54.4 Å². The number of hydrogen-bond acceptors (Lipinski definition) is 4. The summed E-state index contributed by atoms with van der Waals surface area (Å²) >= 11 is 0. The topological polar surface area (TPSA) is 95.9 Å². The Morgan fingerprint density at radius 2 is 1.64 bits per heavy atom. The number of benzene rings is 2. The minimum absolute atomic E-state index is 0.0758. The van der Waals surface area contributed by atoms with Crippen molar-refractivity contribution >= 4 is 18.0 Å². The van der Waals surface area contributed by atoms with Crippen LogP contribution in [0.5, 0.6) is 0 Å². The van der Waals surface area contributed by atoms with E-state index < -0.39 is 18.1 Å². The number of amides is 2. The van der Waals surface area contributed by atoms with Crippen LogP contribution in [0.4, 0.5) is 4.79 Å². The van der Waals surface area contributed by atoms with E-state index in [2.05, 4.69) is 17.4 Å². The van der Waals surface area contributed by atoms with Gasteiger partial charge in [0.1, 0.15) is 12.6 Å². The quantitative estimate of drug-likeness (QED) is 0.533. The lowest BCUT2D eigenvalue weighted by Gasteiger charge is -2.25. The number of unbranched alkanes of at least 4 members (excludes halogenated alkanes) is 1. The second kappa shape index (κ2) is 10.1. The number of carbonyl (C=O) groups is 3. The molecule has 0 spiro atoms. The Kier molecular flexibility index (Phi) is 6.96. The Balaban J connectivity index is 1.30. The van der Waals surface area contributed by atoms with E-state index >= 15 is 0 Å². The molecule has 33 heavy (non-hydrogen) atoms. The van der Waals surface area contributed by atoms with E-state index in [9.17, 15) is 19.5 Å². The molecule has 0 aromatic heterocycles. The van der Waals surface area contributed by atoms with Crippen LogP contribution in [-0.4, -0.2) is 54.2 Å². The molecule has 0 saturated heterocycles. The van der Waals surface area contributed by atoms with Gasteiger partial charge in [0.25, 0.3) is 0 Å². The first-order chi connectivity index (χ1) is 16.0. The second-order valence-electron chi connectivity index (χ2n) is 8.83. The highest BCUT2D eigenvalue weighted by Gasteiger charge is 2.32. The summed E-state index contributed by atoms with van der Waals surface area (Å²) in [7, 11) is 1.46. The van der Waals surface area contributed by atoms with Crippen molar-refractivity contribution in [3.05, 3.63) is 59.7 Å². The summed E-state index contributed by atoms with van der Waals surface area (Å²) in [4.78, 5) is 37.3. The van der Waals surface area contributed by atoms with Crippen molar-refractivity contribution in [2.45, 2.75) is 44.1 Å². The minimum Gasteiger partial charge on any atom is -0.480 e. The van der Waals surface area contributed by atoms with Gasteiger partial charge in [0, 0.05) is 25.4 Å². The first kappa shape index (κ1) is 22.8. The maximum atomic E-state index is 12.7. The molecule has 1 unspecified atom stereocenters. The molecule has 2 aliphatic rings. The largest absolute Gasteiger partial charge is 0.480 e. The van der Waals surface area contributed by atoms with Gasteiger partial charge < -0.3 is 15.2 Å². The van der Waals surface area contributed by atoms with Gasteiger partial charge in [-0.2, -0.15) is 0 Å². The molecule has 7 nitrogen and oxygen atoms in total. The van der Waals surface area contributed by atoms with E-state index in [1.165, 1.54) is 7.05 Å². The summed E-state index contributed by atoms with van der Waals surface area (Å²) in [5, 5.41) is 12.5. The number of carboxylic acids is 1. The molecule has 174 valence electrons. The van der Waals surface area contributed by atoms with E-state index in [4.69, 9.17) is 4.74 Å². The minimum atomic E-state index is -1.06. The number of likely N-dealkylation sites (N-methyl/N-ethyl adjacent to an activating group) is 1. The number of ether oxygens (including phenoxy) is 1. The number of carboxylic acid groups (broad SMARTS) is 1. The number of rotatable bonds is 10. The van der Waals surface area contributed by atoms with Crippen molar-refractivity contribution in [3.8, 4) is 11.1 Å². The number of hydrogen-bond donors (Lipinski definition) is 2. The van der Waals surface area contributed by atoms with Gasteiger partial charge in [-0.25, -0.2) is 9.59 Å². The molecule has 2 aliphatic carbocycles. The summed E-state index contributed by atoms with van der Waals surface area (Å²) < 4.78 is 5.59. The highest BCUT2D eigenvalue weighted by atomic mass is 16.6. The van der Waals surface area contributed by atoms with Gasteiger partial charge in [0.05, 0.1) is 0 Å². The normalized spacial score (nSPS) is 15.3. The average molecular weight is 451 g/mol. The highest BCUT2D eigenvalue weighted by molar-refractivity contribution is 5.81. The monoisotopic (exact) mass is 450 g/mol. The predicted molar refractivity (Wildman–Crippen MR) is 124 cm³/mol. The summed E-state index contributed by atoms with van der Waals surface area (Å²) in [5.41, 5.74) is 4.49. The van der Waals surface area contributed by atoms with Crippen molar-refractivity contribution in [1.82, 2.24) is 10.2 Å². The Hall–Kier alpha value is -3.35. The number of fused-ring (bicyclic) bond motifs is 3. The summed E-state index contributed by atoms with van der Waals surface area (Å²) in [6.45, 7) is 0.674. The average Bonchev–Trinajstić information content (AvgIpc) is 3.62. The molecule has 1 atom stereocenters. The van der Waals surface area contributed by atoms with Gasteiger partial charge in [0.15, 0.2) is 0 Å². The first-order valence-electron chi connectivity index (χ1n) is 11.6.